The van der Waals surface area contributed by atoms with Crippen LogP contribution in [0.2, 0.25) is 0 Å². The number of anilines is 2. The molecule has 1 amide bonds. The fourth-order valence-electron chi connectivity index (χ4n) is 2.85. The maximum atomic E-state index is 12.7. The Labute approximate surface area is 143 Å². The summed E-state index contributed by atoms with van der Waals surface area (Å²) < 4.78 is 39.6. The number of halogens is 3. The molecule has 1 aromatic heterocycles. The third-order valence-corrected chi connectivity index (χ3v) is 4.20. The van der Waals surface area contributed by atoms with Crippen LogP contribution in [0.25, 0.3) is 5.69 Å². The number of aromatic nitrogens is 2. The highest BCUT2D eigenvalue weighted by Crippen LogP contribution is 2.34. The van der Waals surface area contributed by atoms with Gasteiger partial charge in [0.1, 0.15) is 5.82 Å². The van der Waals surface area contributed by atoms with E-state index in [-0.39, 0.29) is 17.6 Å². The summed E-state index contributed by atoms with van der Waals surface area (Å²) in [5, 5.41) is 4.50. The Bertz CT molecular complexity index is 833. The van der Waals surface area contributed by atoms with E-state index < -0.39 is 12.1 Å². The molecule has 0 fully saturated rings. The van der Waals surface area contributed by atoms with Gasteiger partial charge in [0, 0.05) is 23.7 Å². The van der Waals surface area contributed by atoms with Crippen LogP contribution in [0.1, 0.15) is 32.0 Å². The van der Waals surface area contributed by atoms with Crippen molar-refractivity contribution < 1.29 is 18.0 Å². The number of fused-ring (bicyclic) bond motifs is 1. The van der Waals surface area contributed by atoms with Crippen LogP contribution in [0.5, 0.6) is 0 Å². The van der Waals surface area contributed by atoms with Gasteiger partial charge >= 0.3 is 12.1 Å². The molecule has 1 aliphatic heterocycles. The third kappa shape index (κ3) is 3.08. The average Bonchev–Trinajstić information content (AvgIpc) is 3.07. The molecule has 0 bridgehead atoms. The number of benzene rings is 1. The largest absolute Gasteiger partial charge is 0.471 e. The van der Waals surface area contributed by atoms with Crippen molar-refractivity contribution in [2.75, 3.05) is 17.2 Å². The van der Waals surface area contributed by atoms with Crippen molar-refractivity contribution in [3.8, 4) is 5.69 Å². The van der Waals surface area contributed by atoms with E-state index in [1.54, 1.807) is 22.9 Å². The Morgan fingerprint density at radius 1 is 1.20 bits per heavy atom. The van der Waals surface area contributed by atoms with Crippen molar-refractivity contribution in [3.63, 3.8) is 0 Å². The first-order valence-corrected chi connectivity index (χ1v) is 7.86. The molecule has 5 nitrogen and oxygen atoms in total. The zero-order valence-corrected chi connectivity index (χ0v) is 14.2. The number of alkyl halides is 3. The first-order valence-electron chi connectivity index (χ1n) is 7.86. The average molecular weight is 352 g/mol. The molecule has 134 valence electrons. The molecule has 3 rings (SSSR count). The standard InChI is InChI=1S/C17H19F3N4O/c1-16(2,3)13-9-14(21)24(22-13)11-4-5-12-10(8-11)6-7-23(12)15(25)17(18,19)20/h4-5,8-9H,6-7,21H2,1-3H3. The van der Waals surface area contributed by atoms with Crippen molar-refractivity contribution >= 4 is 17.4 Å². The molecule has 0 atom stereocenters. The van der Waals surface area contributed by atoms with Crippen molar-refractivity contribution in [3.05, 3.63) is 35.5 Å². The molecule has 0 aliphatic carbocycles. The number of carbonyl (C=O) groups excluding carboxylic acids is 1. The summed E-state index contributed by atoms with van der Waals surface area (Å²) in [4.78, 5) is 12.3. The van der Waals surface area contributed by atoms with Crippen LogP contribution in [0, 0.1) is 0 Å². The van der Waals surface area contributed by atoms with Crippen LogP contribution >= 0.6 is 0 Å². The van der Waals surface area contributed by atoms with Crippen molar-refractivity contribution in [1.29, 1.82) is 0 Å². The van der Waals surface area contributed by atoms with Crippen molar-refractivity contribution in [1.82, 2.24) is 9.78 Å². The molecule has 8 heteroatoms. The maximum Gasteiger partial charge on any atom is 0.471 e. The van der Waals surface area contributed by atoms with Gasteiger partial charge in [-0.2, -0.15) is 18.3 Å². The maximum absolute atomic E-state index is 12.7. The van der Waals surface area contributed by atoms with Gasteiger partial charge in [-0.3, -0.25) is 4.79 Å². The molecule has 1 aromatic carbocycles. The van der Waals surface area contributed by atoms with E-state index in [1.807, 2.05) is 20.8 Å². The van der Waals surface area contributed by atoms with Gasteiger partial charge in [-0.05, 0) is 30.2 Å². The summed E-state index contributed by atoms with van der Waals surface area (Å²) in [6, 6.07) is 6.65. The third-order valence-electron chi connectivity index (χ3n) is 4.20. The minimum Gasteiger partial charge on any atom is -0.384 e. The lowest BCUT2D eigenvalue weighted by Gasteiger charge is -2.19. The predicted octanol–water partition coefficient (Wildman–Crippen LogP) is 3.20. The van der Waals surface area contributed by atoms with E-state index in [0.717, 1.165) is 10.6 Å². The highest BCUT2D eigenvalue weighted by atomic mass is 19.4. The summed E-state index contributed by atoms with van der Waals surface area (Å²) in [6.07, 6.45) is -4.52. The van der Waals surface area contributed by atoms with E-state index in [9.17, 15) is 18.0 Å². The van der Waals surface area contributed by atoms with Gasteiger partial charge < -0.3 is 10.6 Å². The molecular weight excluding hydrogens is 333 g/mol. The molecule has 25 heavy (non-hydrogen) atoms. The van der Waals surface area contributed by atoms with Gasteiger partial charge in [-0.1, -0.05) is 20.8 Å². The quantitative estimate of drug-likeness (QED) is 0.857. The van der Waals surface area contributed by atoms with Crippen molar-refractivity contribution in [2.45, 2.75) is 38.8 Å². The Balaban J connectivity index is 1.96. The molecule has 2 N–H and O–H groups in total. The first kappa shape index (κ1) is 17.3. The summed E-state index contributed by atoms with van der Waals surface area (Å²) in [5.74, 6) is -1.39. The molecule has 2 aromatic rings. The van der Waals surface area contributed by atoms with Gasteiger partial charge in [0.05, 0.1) is 11.4 Å². The second-order valence-electron chi connectivity index (χ2n) is 7.13. The SMILES string of the molecule is CC(C)(C)c1cc(N)n(-c2ccc3c(c2)CCN3C(=O)C(F)(F)F)n1. The molecular formula is C17H19F3N4O. The number of hydrogen-bond donors (Lipinski definition) is 1. The van der Waals surface area contributed by atoms with Crippen LogP contribution < -0.4 is 10.6 Å². The number of amides is 1. The number of hydrogen-bond acceptors (Lipinski definition) is 3. The monoisotopic (exact) mass is 352 g/mol. The lowest BCUT2D eigenvalue weighted by atomic mass is 9.92. The predicted molar refractivity (Wildman–Crippen MR) is 88.8 cm³/mol. The fraction of sp³-hybridized carbons (Fsp3) is 0.412. The summed E-state index contributed by atoms with van der Waals surface area (Å²) in [7, 11) is 0. The molecule has 0 radical (unpaired) electrons. The minimum absolute atomic E-state index is 0.0129. The second kappa shape index (κ2) is 5.50. The topological polar surface area (TPSA) is 64.2 Å². The molecule has 1 aliphatic rings. The molecule has 0 saturated heterocycles. The van der Waals surface area contributed by atoms with Gasteiger partial charge in [0.15, 0.2) is 0 Å². The Morgan fingerprint density at radius 2 is 1.88 bits per heavy atom. The van der Waals surface area contributed by atoms with Crippen LogP contribution in [-0.2, 0) is 16.6 Å². The molecule has 2 heterocycles. The van der Waals surface area contributed by atoms with E-state index in [4.69, 9.17) is 5.73 Å². The second-order valence-corrected chi connectivity index (χ2v) is 7.13. The highest BCUT2D eigenvalue weighted by Gasteiger charge is 2.44. The van der Waals surface area contributed by atoms with Crippen LogP contribution in [-0.4, -0.2) is 28.4 Å². The highest BCUT2D eigenvalue weighted by molar-refractivity contribution is 5.99. The minimum atomic E-state index is -4.88. The Kier molecular flexibility index (Phi) is 3.81. The fourth-order valence-corrected chi connectivity index (χ4v) is 2.85. The number of nitrogen functional groups attached to an aromatic ring is 1. The number of nitrogens with two attached hydrogens (primary N) is 1. The number of nitrogens with zero attached hydrogens (tertiary/aromatic N) is 3. The summed E-state index contributed by atoms with van der Waals surface area (Å²) in [6.45, 7) is 6.06. The van der Waals surface area contributed by atoms with E-state index in [2.05, 4.69) is 5.10 Å². The van der Waals surface area contributed by atoms with Gasteiger partial charge in [0.2, 0.25) is 0 Å². The normalized spacial score (nSPS) is 14.7. The Hall–Kier alpha value is -2.51. The van der Waals surface area contributed by atoms with Crippen LogP contribution in [0.4, 0.5) is 24.7 Å². The lowest BCUT2D eigenvalue weighted by molar-refractivity contribution is -0.170. The lowest BCUT2D eigenvalue weighted by Crippen LogP contribution is -2.40. The smallest absolute Gasteiger partial charge is 0.384 e. The number of carbonyl (C=O) groups is 1. The molecule has 0 unspecified atom stereocenters. The summed E-state index contributed by atoms with van der Waals surface area (Å²) >= 11 is 0. The number of rotatable bonds is 1. The zero-order valence-electron chi connectivity index (χ0n) is 14.2. The van der Waals surface area contributed by atoms with Gasteiger partial charge in [0.25, 0.3) is 0 Å². The van der Waals surface area contributed by atoms with E-state index >= 15 is 0 Å². The first-order chi connectivity index (χ1) is 11.5. The van der Waals surface area contributed by atoms with E-state index in [0.29, 0.717) is 23.5 Å². The Morgan fingerprint density at radius 3 is 2.44 bits per heavy atom. The van der Waals surface area contributed by atoms with Gasteiger partial charge in [-0.15, -0.1) is 0 Å². The van der Waals surface area contributed by atoms with E-state index in [1.165, 1.54) is 6.07 Å². The zero-order chi connectivity index (χ0) is 18.6. The van der Waals surface area contributed by atoms with Crippen LogP contribution in [0.3, 0.4) is 0 Å². The molecule has 0 saturated carbocycles. The van der Waals surface area contributed by atoms with Gasteiger partial charge in [-0.25, -0.2) is 4.68 Å². The van der Waals surface area contributed by atoms with Crippen LogP contribution in [0.15, 0.2) is 24.3 Å². The molecule has 0 spiro atoms. The van der Waals surface area contributed by atoms with Crippen molar-refractivity contribution in [2.24, 2.45) is 0 Å². The summed E-state index contributed by atoms with van der Waals surface area (Å²) in [5.41, 5.74) is 8.29.